The summed E-state index contributed by atoms with van der Waals surface area (Å²) in [6, 6.07) is 10.8. The maximum Gasteiger partial charge on any atom is 0.274 e. The largest absolute Gasteiger partial charge is 0.337 e. The van der Waals surface area contributed by atoms with Gasteiger partial charge >= 0.3 is 0 Å². The molecule has 1 aliphatic carbocycles. The monoisotopic (exact) mass is 408 g/mol. The molecule has 1 amide bonds. The number of carbonyl (C=O) groups is 1. The van der Waals surface area contributed by atoms with Gasteiger partial charge in [0.25, 0.3) is 5.91 Å². The quantitative estimate of drug-likeness (QED) is 0.668. The molecule has 3 aromatic rings. The van der Waals surface area contributed by atoms with Gasteiger partial charge in [-0.1, -0.05) is 44.2 Å². The van der Waals surface area contributed by atoms with Crippen LogP contribution in [0.15, 0.2) is 41.9 Å². The Kier molecular flexibility index (Phi) is 4.51. The molecule has 2 aromatic heterocycles. The molecule has 152 valence electrons. The fraction of sp³-hybridized carbons (Fsp3) is 0.478. The Morgan fingerprint density at radius 3 is 2.62 bits per heavy atom. The molecule has 5 rings (SSSR count). The Labute approximate surface area is 175 Å². The molecule has 1 aliphatic heterocycles. The Balaban J connectivity index is 1.37. The molecule has 5 nitrogen and oxygen atoms in total. The van der Waals surface area contributed by atoms with Gasteiger partial charge < -0.3 is 10.2 Å². The van der Waals surface area contributed by atoms with Crippen LogP contribution in [0, 0.1) is 5.41 Å². The number of thiazole rings is 1. The average molecular weight is 409 g/mol. The predicted octanol–water partition coefficient (Wildman–Crippen LogP) is 4.09. The van der Waals surface area contributed by atoms with Crippen molar-refractivity contribution >= 4 is 22.2 Å². The van der Waals surface area contributed by atoms with Crippen LogP contribution in [-0.4, -0.2) is 39.8 Å². The average Bonchev–Trinajstić information content (AvgIpc) is 3.25. The molecule has 0 spiro atoms. The van der Waals surface area contributed by atoms with Crippen LogP contribution in [0.1, 0.15) is 54.9 Å². The number of nitrogens with one attached hydrogen (secondary N) is 1. The highest BCUT2D eigenvalue weighted by Crippen LogP contribution is 2.63. The number of carbonyl (C=O) groups excluding carboxylic acids is 1. The third kappa shape index (κ3) is 3.09. The lowest BCUT2D eigenvalue weighted by Gasteiger charge is -2.22. The van der Waals surface area contributed by atoms with E-state index in [1.807, 2.05) is 16.5 Å². The van der Waals surface area contributed by atoms with Gasteiger partial charge in [0, 0.05) is 43.2 Å². The van der Waals surface area contributed by atoms with Crippen LogP contribution in [0.3, 0.4) is 0 Å². The maximum absolute atomic E-state index is 13.1. The Hall–Kier alpha value is -2.18. The highest BCUT2D eigenvalue weighted by atomic mass is 32.1. The van der Waals surface area contributed by atoms with E-state index in [0.717, 1.165) is 43.1 Å². The van der Waals surface area contributed by atoms with Crippen molar-refractivity contribution in [3.63, 3.8) is 0 Å². The number of nitrogens with zero attached hydrogens (tertiary/aromatic N) is 3. The molecule has 1 saturated heterocycles. The second kappa shape index (κ2) is 6.96. The third-order valence-electron chi connectivity index (χ3n) is 6.92. The van der Waals surface area contributed by atoms with Gasteiger partial charge in [0.05, 0.1) is 5.69 Å². The summed E-state index contributed by atoms with van der Waals surface area (Å²) < 4.78 is 2.08. The first-order chi connectivity index (χ1) is 14.0. The van der Waals surface area contributed by atoms with Crippen molar-refractivity contribution in [3.05, 3.63) is 58.9 Å². The number of imidazole rings is 1. The van der Waals surface area contributed by atoms with Crippen LogP contribution in [0.5, 0.6) is 0 Å². The number of hydrogen-bond donors (Lipinski definition) is 1. The molecule has 2 aliphatic rings. The van der Waals surface area contributed by atoms with Gasteiger partial charge in [0.15, 0.2) is 10.7 Å². The number of amides is 1. The molecule has 1 aromatic carbocycles. The normalized spacial score (nSPS) is 23.0. The smallest absolute Gasteiger partial charge is 0.274 e. The van der Waals surface area contributed by atoms with Crippen molar-refractivity contribution in [2.45, 2.75) is 45.1 Å². The summed E-state index contributed by atoms with van der Waals surface area (Å²) in [5, 5.41) is 5.72. The third-order valence-corrected chi connectivity index (χ3v) is 7.67. The van der Waals surface area contributed by atoms with Crippen LogP contribution in [-0.2, 0) is 12.0 Å². The zero-order valence-corrected chi connectivity index (χ0v) is 18.0. The summed E-state index contributed by atoms with van der Waals surface area (Å²) in [7, 11) is 0. The minimum atomic E-state index is 0.0831. The zero-order valence-electron chi connectivity index (χ0n) is 17.1. The first-order valence-corrected chi connectivity index (χ1v) is 11.4. The second-order valence-electron chi connectivity index (χ2n) is 9.07. The van der Waals surface area contributed by atoms with Gasteiger partial charge in [-0.05, 0) is 30.2 Å². The molecule has 1 atom stereocenters. The molecule has 1 unspecified atom stereocenters. The molecule has 2 fully saturated rings. The summed E-state index contributed by atoms with van der Waals surface area (Å²) in [6.07, 6.45) is 5.39. The molecule has 29 heavy (non-hydrogen) atoms. The number of likely N-dealkylation sites (tertiary alicyclic amines) is 1. The lowest BCUT2D eigenvalue weighted by atomic mass is 9.88. The van der Waals surface area contributed by atoms with Crippen molar-refractivity contribution in [1.82, 2.24) is 19.6 Å². The minimum absolute atomic E-state index is 0.0831. The number of hydrogen-bond acceptors (Lipinski definition) is 4. The highest BCUT2D eigenvalue weighted by molar-refractivity contribution is 7.15. The Morgan fingerprint density at radius 2 is 1.93 bits per heavy atom. The summed E-state index contributed by atoms with van der Waals surface area (Å²) in [4.78, 5) is 20.6. The van der Waals surface area contributed by atoms with Crippen LogP contribution in [0.4, 0.5) is 0 Å². The van der Waals surface area contributed by atoms with Crippen molar-refractivity contribution < 1.29 is 4.79 Å². The van der Waals surface area contributed by atoms with Gasteiger partial charge in [-0.15, -0.1) is 11.3 Å². The summed E-state index contributed by atoms with van der Waals surface area (Å²) in [6.45, 7) is 7.94. The molecule has 6 heteroatoms. The fourth-order valence-corrected chi connectivity index (χ4v) is 5.73. The van der Waals surface area contributed by atoms with Crippen molar-refractivity contribution in [1.29, 1.82) is 0 Å². The van der Waals surface area contributed by atoms with E-state index in [1.54, 1.807) is 11.3 Å². The number of fused-ring (bicyclic) bond motifs is 1. The van der Waals surface area contributed by atoms with E-state index in [9.17, 15) is 4.79 Å². The minimum Gasteiger partial charge on any atom is -0.337 e. The number of aromatic nitrogens is 2. The molecule has 3 heterocycles. The summed E-state index contributed by atoms with van der Waals surface area (Å²) >= 11 is 1.58. The first-order valence-electron chi connectivity index (χ1n) is 10.5. The molecule has 0 radical (unpaired) electrons. The van der Waals surface area contributed by atoms with Crippen LogP contribution in [0.25, 0.3) is 4.96 Å². The molecule has 1 N–H and O–H groups in total. The van der Waals surface area contributed by atoms with Crippen molar-refractivity contribution in [2.75, 3.05) is 19.6 Å². The Morgan fingerprint density at radius 1 is 1.21 bits per heavy atom. The number of rotatable bonds is 6. The van der Waals surface area contributed by atoms with Gasteiger partial charge in [-0.2, -0.15) is 0 Å². The molecule has 1 saturated carbocycles. The standard InChI is InChI=1S/C23H28N4OS/c1-22(2)15-23(22,17-8-4-3-5-9-17)16-24-14-18-19(20(28)26-10-6-7-11-26)25-21-27(18)12-13-29-21/h3-5,8-9,12-13,24H,6-7,10-11,14-16H2,1-2H3. The fourth-order valence-electron chi connectivity index (χ4n) is 5.00. The molecule has 0 bridgehead atoms. The lowest BCUT2D eigenvalue weighted by Crippen LogP contribution is -2.32. The highest BCUT2D eigenvalue weighted by Gasteiger charge is 2.61. The van der Waals surface area contributed by atoms with Crippen LogP contribution >= 0.6 is 11.3 Å². The Bertz CT molecular complexity index is 1030. The van der Waals surface area contributed by atoms with E-state index in [-0.39, 0.29) is 16.7 Å². The maximum atomic E-state index is 13.1. The van der Waals surface area contributed by atoms with Gasteiger partial charge in [-0.3, -0.25) is 9.20 Å². The number of benzene rings is 1. The zero-order chi connectivity index (χ0) is 20.1. The predicted molar refractivity (Wildman–Crippen MR) is 116 cm³/mol. The van der Waals surface area contributed by atoms with E-state index < -0.39 is 0 Å². The topological polar surface area (TPSA) is 49.6 Å². The lowest BCUT2D eigenvalue weighted by molar-refractivity contribution is 0.0786. The van der Waals surface area contributed by atoms with E-state index in [2.05, 4.69) is 58.9 Å². The van der Waals surface area contributed by atoms with E-state index in [0.29, 0.717) is 12.2 Å². The SMILES string of the molecule is CC1(C)CC1(CNCc1c(C(=O)N2CCCC2)nc2sccn12)c1ccccc1. The van der Waals surface area contributed by atoms with Crippen LogP contribution in [0.2, 0.25) is 0 Å². The van der Waals surface area contributed by atoms with Crippen molar-refractivity contribution in [2.24, 2.45) is 5.41 Å². The van der Waals surface area contributed by atoms with E-state index >= 15 is 0 Å². The first kappa shape index (κ1) is 18.8. The molecular formula is C23H28N4OS. The molecular weight excluding hydrogens is 380 g/mol. The second-order valence-corrected chi connectivity index (χ2v) is 9.95. The van der Waals surface area contributed by atoms with Crippen LogP contribution < -0.4 is 5.32 Å². The van der Waals surface area contributed by atoms with Gasteiger partial charge in [-0.25, -0.2) is 4.98 Å². The summed E-state index contributed by atoms with van der Waals surface area (Å²) in [5.74, 6) is 0.0831. The van der Waals surface area contributed by atoms with Gasteiger partial charge in [0.1, 0.15) is 0 Å². The van der Waals surface area contributed by atoms with E-state index in [1.165, 1.54) is 12.0 Å². The summed E-state index contributed by atoms with van der Waals surface area (Å²) in [5.41, 5.74) is 3.45. The van der Waals surface area contributed by atoms with Crippen molar-refractivity contribution in [3.8, 4) is 0 Å². The van der Waals surface area contributed by atoms with E-state index in [4.69, 9.17) is 0 Å². The van der Waals surface area contributed by atoms with Gasteiger partial charge in [0.2, 0.25) is 0 Å².